The lowest BCUT2D eigenvalue weighted by atomic mass is 10.1. The molecule has 1 aliphatic heterocycles. The van der Waals surface area contributed by atoms with E-state index in [9.17, 15) is 23.2 Å². The number of nitriles is 1. The predicted octanol–water partition coefficient (Wildman–Crippen LogP) is 4.36. The number of pyridine rings is 1. The number of carbonyl (C=O) groups is 2. The van der Waals surface area contributed by atoms with E-state index in [4.69, 9.17) is 9.90 Å². The van der Waals surface area contributed by atoms with Crippen molar-refractivity contribution in [1.29, 1.82) is 5.26 Å². The van der Waals surface area contributed by atoms with Crippen molar-refractivity contribution < 1.29 is 27.9 Å². The third kappa shape index (κ3) is 10.2. The number of rotatable bonds is 8. The quantitative estimate of drug-likeness (QED) is 0.331. The van der Waals surface area contributed by atoms with Crippen molar-refractivity contribution in [3.8, 4) is 17.3 Å². The number of hydrazine groups is 1. The minimum Gasteiger partial charge on any atom is -0.475 e. The van der Waals surface area contributed by atoms with Gasteiger partial charge in [0.2, 0.25) is 5.82 Å². The van der Waals surface area contributed by atoms with Crippen LogP contribution in [0.2, 0.25) is 0 Å². The van der Waals surface area contributed by atoms with Gasteiger partial charge in [-0.3, -0.25) is 25.1 Å². The Morgan fingerprint density at radius 1 is 1.14 bits per heavy atom. The van der Waals surface area contributed by atoms with Gasteiger partial charge in [-0.2, -0.15) is 23.4 Å². The fourth-order valence-electron chi connectivity index (χ4n) is 4.13. The zero-order chi connectivity index (χ0) is 32.4. The first-order valence-electron chi connectivity index (χ1n) is 13.5. The number of carbonyl (C=O) groups excluding carboxylic acids is 1. The maximum Gasteiger partial charge on any atom is 0.490 e. The summed E-state index contributed by atoms with van der Waals surface area (Å²) >= 11 is 3.43. The molecule has 0 unspecified atom stereocenters. The van der Waals surface area contributed by atoms with Crippen LogP contribution in [0.5, 0.6) is 0 Å². The number of piperazine rings is 1. The van der Waals surface area contributed by atoms with Crippen molar-refractivity contribution in [2.75, 3.05) is 44.8 Å². The van der Waals surface area contributed by atoms with Crippen molar-refractivity contribution in [2.45, 2.75) is 26.6 Å². The number of amides is 1. The van der Waals surface area contributed by atoms with Crippen molar-refractivity contribution in [2.24, 2.45) is 5.92 Å². The van der Waals surface area contributed by atoms with E-state index in [1.165, 1.54) is 11.8 Å². The lowest BCUT2D eigenvalue weighted by Gasteiger charge is -2.32. The second-order valence-corrected chi connectivity index (χ2v) is 11.3. The minimum atomic E-state index is -5.08. The molecule has 0 atom stereocenters. The summed E-state index contributed by atoms with van der Waals surface area (Å²) in [4.78, 5) is 39.6. The highest BCUT2D eigenvalue weighted by molar-refractivity contribution is 9.10. The van der Waals surface area contributed by atoms with Gasteiger partial charge in [0.05, 0.1) is 15.7 Å². The van der Waals surface area contributed by atoms with E-state index in [-0.39, 0.29) is 17.6 Å². The summed E-state index contributed by atoms with van der Waals surface area (Å²) < 4.78 is 32.3. The van der Waals surface area contributed by atoms with Gasteiger partial charge >= 0.3 is 12.1 Å². The second-order valence-electron chi connectivity index (χ2n) is 10.4. The molecule has 3 aromatic rings. The Morgan fingerprint density at radius 3 is 2.39 bits per heavy atom. The molecule has 2 aromatic heterocycles. The Balaban J connectivity index is 0.000000676. The third-order valence-electron chi connectivity index (χ3n) is 6.36. The van der Waals surface area contributed by atoms with Crippen LogP contribution in [0.15, 0.2) is 53.3 Å². The maximum atomic E-state index is 13.1. The van der Waals surface area contributed by atoms with Gasteiger partial charge in [0, 0.05) is 57.2 Å². The fourth-order valence-corrected chi connectivity index (χ4v) is 4.54. The Hall–Kier alpha value is -4.13. The molecule has 2 N–H and O–H groups in total. The third-order valence-corrected chi connectivity index (χ3v) is 6.92. The van der Waals surface area contributed by atoms with Crippen LogP contribution < -0.4 is 10.4 Å². The second kappa shape index (κ2) is 15.6. The summed E-state index contributed by atoms with van der Waals surface area (Å²) in [6.07, 6.45) is -1.99. The largest absolute Gasteiger partial charge is 0.490 e. The van der Waals surface area contributed by atoms with Crippen molar-refractivity contribution in [1.82, 2.24) is 30.2 Å². The van der Waals surface area contributed by atoms with E-state index in [2.05, 4.69) is 71.4 Å². The fraction of sp³-hybridized carbons (Fsp3) is 0.379. The van der Waals surface area contributed by atoms with E-state index in [0.29, 0.717) is 22.4 Å². The standard InChI is InChI=1S/C27H31BrN8O.C2HF3O2/c1-19(2)17-36(26-23(28)16-31-25(14-29)32-26)33-27(37)22-7-8-24(30-15-22)21-6-4-5-20(13-21)18-35-11-9-34(3)10-12-35;3-2(4,5)1(6)7/h4-8,13,15-16,19H,9-12,17-18H2,1-3H3,(H,33,37);(H,6,7). The molecule has 1 saturated heterocycles. The van der Waals surface area contributed by atoms with Gasteiger partial charge in [-0.15, -0.1) is 0 Å². The number of carboxylic acids is 1. The molecule has 0 saturated carbocycles. The number of halogens is 4. The first-order chi connectivity index (χ1) is 20.8. The molecular formula is C29H32BrF3N8O3. The summed E-state index contributed by atoms with van der Waals surface area (Å²) in [6.45, 7) is 9.80. The van der Waals surface area contributed by atoms with Gasteiger partial charge in [0.15, 0.2) is 5.82 Å². The molecule has 0 radical (unpaired) electrons. The van der Waals surface area contributed by atoms with Crippen molar-refractivity contribution >= 4 is 33.6 Å². The van der Waals surface area contributed by atoms with Crippen LogP contribution in [0.3, 0.4) is 0 Å². The predicted molar refractivity (Wildman–Crippen MR) is 160 cm³/mol. The van der Waals surface area contributed by atoms with Gasteiger partial charge in [0.1, 0.15) is 6.07 Å². The van der Waals surface area contributed by atoms with Gasteiger partial charge in [-0.1, -0.05) is 32.0 Å². The number of likely N-dealkylation sites (N-methyl/N-ethyl adjacent to an activating group) is 1. The van der Waals surface area contributed by atoms with Crippen LogP contribution in [0.4, 0.5) is 19.0 Å². The van der Waals surface area contributed by atoms with Gasteiger partial charge in [0.25, 0.3) is 5.91 Å². The Morgan fingerprint density at radius 2 is 1.82 bits per heavy atom. The molecule has 1 aliphatic rings. The number of anilines is 1. The average molecular weight is 678 g/mol. The average Bonchev–Trinajstić information content (AvgIpc) is 2.98. The minimum absolute atomic E-state index is 0.0297. The highest BCUT2D eigenvalue weighted by Crippen LogP contribution is 2.24. The monoisotopic (exact) mass is 676 g/mol. The topological polar surface area (TPSA) is 139 Å². The SMILES string of the molecule is CC(C)CN(NC(=O)c1ccc(-c2cccc(CN3CCN(C)CC3)c2)nc1)c1nc(C#N)ncc1Br.O=C(O)C(F)(F)F. The number of nitrogens with zero attached hydrogens (tertiary/aromatic N) is 7. The summed E-state index contributed by atoms with van der Waals surface area (Å²) in [6, 6.07) is 14.0. The highest BCUT2D eigenvalue weighted by Gasteiger charge is 2.38. The van der Waals surface area contributed by atoms with Crippen LogP contribution in [0.1, 0.15) is 35.6 Å². The number of aliphatic carboxylic acids is 1. The van der Waals surface area contributed by atoms with Gasteiger partial charge in [-0.25, -0.2) is 9.78 Å². The molecule has 1 aromatic carbocycles. The number of hydrogen-bond acceptors (Lipinski definition) is 9. The van der Waals surface area contributed by atoms with Crippen LogP contribution in [0, 0.1) is 17.2 Å². The smallest absolute Gasteiger partial charge is 0.475 e. The number of aromatic nitrogens is 3. The molecular weight excluding hydrogens is 645 g/mol. The number of hydrogen-bond donors (Lipinski definition) is 2. The van der Waals surface area contributed by atoms with Crippen LogP contribution in [-0.2, 0) is 11.3 Å². The van der Waals surface area contributed by atoms with Crippen LogP contribution in [-0.4, -0.2) is 87.7 Å². The van der Waals surface area contributed by atoms with Gasteiger partial charge < -0.3 is 10.0 Å². The molecule has 1 amide bonds. The van der Waals surface area contributed by atoms with Crippen molar-refractivity contribution in [3.05, 3.63) is 70.2 Å². The zero-order valence-electron chi connectivity index (χ0n) is 24.3. The van der Waals surface area contributed by atoms with Crippen LogP contribution >= 0.6 is 15.9 Å². The van der Waals surface area contributed by atoms with E-state index < -0.39 is 12.1 Å². The van der Waals surface area contributed by atoms with E-state index >= 15 is 0 Å². The summed E-state index contributed by atoms with van der Waals surface area (Å²) in [5, 5.41) is 18.0. The molecule has 234 valence electrons. The Kier molecular flexibility index (Phi) is 12.1. The first kappa shape index (κ1) is 34.4. The van der Waals surface area contributed by atoms with Gasteiger partial charge in [-0.05, 0) is 52.7 Å². The molecule has 11 nitrogen and oxygen atoms in total. The Labute approximate surface area is 261 Å². The highest BCUT2D eigenvalue weighted by atomic mass is 79.9. The normalized spacial score (nSPS) is 13.9. The zero-order valence-corrected chi connectivity index (χ0v) is 25.9. The molecule has 3 heterocycles. The van der Waals surface area contributed by atoms with E-state index in [1.807, 2.05) is 32.0 Å². The first-order valence-corrected chi connectivity index (χ1v) is 14.3. The molecule has 0 bridgehead atoms. The number of alkyl halides is 3. The number of benzene rings is 1. The summed E-state index contributed by atoms with van der Waals surface area (Å²) in [5.41, 5.74) is 6.42. The number of carboxylic acid groups (broad SMARTS) is 1. The summed E-state index contributed by atoms with van der Waals surface area (Å²) in [5.74, 6) is -2.39. The van der Waals surface area contributed by atoms with E-state index in [0.717, 1.165) is 44.0 Å². The molecule has 44 heavy (non-hydrogen) atoms. The molecule has 1 fully saturated rings. The lowest BCUT2D eigenvalue weighted by molar-refractivity contribution is -0.192. The molecule has 15 heteroatoms. The molecule has 4 rings (SSSR count). The van der Waals surface area contributed by atoms with E-state index in [1.54, 1.807) is 17.3 Å². The Bertz CT molecular complexity index is 1470. The summed E-state index contributed by atoms with van der Waals surface area (Å²) in [7, 11) is 2.16. The maximum absolute atomic E-state index is 13.1. The molecule has 0 aliphatic carbocycles. The van der Waals surface area contributed by atoms with Crippen LogP contribution in [0.25, 0.3) is 11.3 Å². The molecule has 0 spiro atoms. The van der Waals surface area contributed by atoms with Crippen molar-refractivity contribution in [3.63, 3.8) is 0 Å². The lowest BCUT2D eigenvalue weighted by Crippen LogP contribution is -2.45. The number of nitrogens with one attached hydrogen (secondary N) is 1.